The van der Waals surface area contributed by atoms with Gasteiger partial charge in [0.15, 0.2) is 0 Å². The highest BCUT2D eigenvalue weighted by Crippen LogP contribution is 2.35. The zero-order chi connectivity index (χ0) is 13.2. The van der Waals surface area contributed by atoms with Gasteiger partial charge in [0.25, 0.3) is 0 Å². The Kier molecular flexibility index (Phi) is 4.71. The molecule has 1 saturated carbocycles. The summed E-state index contributed by atoms with van der Waals surface area (Å²) in [6, 6.07) is 1.25. The van der Waals surface area contributed by atoms with Gasteiger partial charge in [-0.3, -0.25) is 4.90 Å². The van der Waals surface area contributed by atoms with E-state index in [0.717, 1.165) is 12.0 Å². The first-order valence-corrected chi connectivity index (χ1v) is 8.02. The molecule has 1 saturated heterocycles. The van der Waals surface area contributed by atoms with E-state index >= 15 is 0 Å². The third-order valence-corrected chi connectivity index (χ3v) is 5.37. The number of nitrogens with zero attached hydrogens (tertiary/aromatic N) is 1. The Labute approximate surface area is 113 Å². The Balaban J connectivity index is 1.83. The highest BCUT2D eigenvalue weighted by atomic mass is 15.2. The molecule has 2 N–H and O–H groups in total. The van der Waals surface area contributed by atoms with Gasteiger partial charge in [0.1, 0.15) is 0 Å². The average Bonchev–Trinajstić information content (AvgIpc) is 2.34. The minimum atomic E-state index is 0.304. The molecule has 0 spiro atoms. The summed E-state index contributed by atoms with van der Waals surface area (Å²) in [4.78, 5) is 2.74. The number of rotatable bonds is 3. The first kappa shape index (κ1) is 14.3. The molecule has 0 aromatic carbocycles. The van der Waals surface area contributed by atoms with E-state index in [9.17, 15) is 0 Å². The number of nitrogens with two attached hydrogens (primary N) is 1. The van der Waals surface area contributed by atoms with E-state index in [1.807, 2.05) is 0 Å². The first-order chi connectivity index (χ1) is 8.53. The molecule has 1 heterocycles. The van der Waals surface area contributed by atoms with Crippen molar-refractivity contribution in [3.8, 4) is 0 Å². The normalized spacial score (nSPS) is 37.7. The molecule has 1 aliphatic heterocycles. The van der Waals surface area contributed by atoms with Gasteiger partial charge in [-0.1, -0.05) is 33.6 Å². The second-order valence-electron chi connectivity index (χ2n) is 7.32. The Morgan fingerprint density at radius 2 is 1.78 bits per heavy atom. The average molecular weight is 252 g/mol. The molecule has 106 valence electrons. The summed E-state index contributed by atoms with van der Waals surface area (Å²) in [6.45, 7) is 9.44. The van der Waals surface area contributed by atoms with E-state index in [1.54, 1.807) is 0 Å². The van der Waals surface area contributed by atoms with Gasteiger partial charge >= 0.3 is 0 Å². The van der Waals surface area contributed by atoms with Crippen molar-refractivity contribution in [2.24, 2.45) is 17.1 Å². The van der Waals surface area contributed by atoms with Crippen LogP contribution in [0, 0.1) is 11.3 Å². The van der Waals surface area contributed by atoms with Crippen molar-refractivity contribution < 1.29 is 0 Å². The van der Waals surface area contributed by atoms with Crippen LogP contribution in [-0.4, -0.2) is 30.1 Å². The summed E-state index contributed by atoms with van der Waals surface area (Å²) < 4.78 is 0. The Morgan fingerprint density at radius 1 is 1.11 bits per heavy atom. The molecule has 0 bridgehead atoms. The lowest BCUT2D eigenvalue weighted by Gasteiger charge is -2.47. The quantitative estimate of drug-likeness (QED) is 0.834. The fourth-order valence-corrected chi connectivity index (χ4v) is 3.93. The molecule has 18 heavy (non-hydrogen) atoms. The van der Waals surface area contributed by atoms with Gasteiger partial charge in [-0.25, -0.2) is 0 Å². The van der Waals surface area contributed by atoms with Crippen molar-refractivity contribution >= 4 is 0 Å². The number of hydrogen-bond acceptors (Lipinski definition) is 2. The highest BCUT2D eigenvalue weighted by molar-refractivity contribution is 4.93. The standard InChI is InChI=1S/C16H32N2/c1-4-5-13-6-8-14(9-7-13)18-11-10-15(17)16(2,3)12-18/h13-15H,4-12,17H2,1-3H3. The Morgan fingerprint density at radius 3 is 2.33 bits per heavy atom. The molecule has 1 unspecified atom stereocenters. The van der Waals surface area contributed by atoms with Crippen LogP contribution in [0.5, 0.6) is 0 Å². The molecule has 0 amide bonds. The summed E-state index contributed by atoms with van der Waals surface area (Å²) in [6.07, 6.45) is 9.76. The smallest absolute Gasteiger partial charge is 0.0115 e. The molecule has 1 atom stereocenters. The fourth-order valence-electron chi connectivity index (χ4n) is 3.93. The predicted octanol–water partition coefficient (Wildman–Crippen LogP) is 3.40. The van der Waals surface area contributed by atoms with Crippen LogP contribution in [0.1, 0.15) is 65.7 Å². The van der Waals surface area contributed by atoms with Crippen molar-refractivity contribution in [3.05, 3.63) is 0 Å². The molecular formula is C16H32N2. The SMILES string of the molecule is CCCC1CCC(N2CCC(N)C(C)(C)C2)CC1. The lowest BCUT2D eigenvalue weighted by atomic mass is 9.77. The van der Waals surface area contributed by atoms with E-state index in [-0.39, 0.29) is 0 Å². The fraction of sp³-hybridized carbons (Fsp3) is 1.00. The third kappa shape index (κ3) is 3.27. The van der Waals surface area contributed by atoms with Crippen molar-refractivity contribution in [1.29, 1.82) is 0 Å². The molecule has 0 radical (unpaired) electrons. The topological polar surface area (TPSA) is 29.3 Å². The van der Waals surface area contributed by atoms with Crippen LogP contribution >= 0.6 is 0 Å². The van der Waals surface area contributed by atoms with Gasteiger partial charge in [-0.15, -0.1) is 0 Å². The molecule has 2 nitrogen and oxygen atoms in total. The molecule has 1 aliphatic carbocycles. The maximum atomic E-state index is 6.24. The van der Waals surface area contributed by atoms with Gasteiger partial charge < -0.3 is 5.73 Å². The van der Waals surface area contributed by atoms with Crippen molar-refractivity contribution in [2.45, 2.75) is 77.8 Å². The van der Waals surface area contributed by atoms with Gasteiger partial charge in [0.2, 0.25) is 0 Å². The van der Waals surface area contributed by atoms with E-state index in [2.05, 4.69) is 25.7 Å². The maximum absolute atomic E-state index is 6.24. The summed E-state index contributed by atoms with van der Waals surface area (Å²) in [5, 5.41) is 0. The van der Waals surface area contributed by atoms with E-state index in [1.165, 1.54) is 58.0 Å². The molecule has 2 aliphatic rings. The molecule has 2 rings (SSSR count). The van der Waals surface area contributed by atoms with Gasteiger partial charge in [0.05, 0.1) is 0 Å². The van der Waals surface area contributed by atoms with Crippen LogP contribution in [0.4, 0.5) is 0 Å². The van der Waals surface area contributed by atoms with Crippen molar-refractivity contribution in [1.82, 2.24) is 4.90 Å². The lowest BCUT2D eigenvalue weighted by Crippen LogP contribution is -2.55. The Hall–Kier alpha value is -0.0800. The van der Waals surface area contributed by atoms with Crippen LogP contribution < -0.4 is 5.73 Å². The van der Waals surface area contributed by atoms with E-state index < -0.39 is 0 Å². The number of likely N-dealkylation sites (tertiary alicyclic amines) is 1. The van der Waals surface area contributed by atoms with Crippen LogP contribution in [0.3, 0.4) is 0 Å². The van der Waals surface area contributed by atoms with E-state index in [0.29, 0.717) is 11.5 Å². The van der Waals surface area contributed by atoms with Crippen LogP contribution in [0.25, 0.3) is 0 Å². The Bertz CT molecular complexity index is 254. The molecule has 2 fully saturated rings. The second-order valence-corrected chi connectivity index (χ2v) is 7.32. The molecular weight excluding hydrogens is 220 g/mol. The highest BCUT2D eigenvalue weighted by Gasteiger charge is 2.36. The number of piperidine rings is 1. The second kappa shape index (κ2) is 5.92. The van der Waals surface area contributed by atoms with Gasteiger partial charge in [0, 0.05) is 18.6 Å². The zero-order valence-electron chi connectivity index (χ0n) is 12.6. The van der Waals surface area contributed by atoms with E-state index in [4.69, 9.17) is 5.73 Å². The minimum Gasteiger partial charge on any atom is -0.327 e. The predicted molar refractivity (Wildman–Crippen MR) is 78.6 cm³/mol. The van der Waals surface area contributed by atoms with Crippen LogP contribution in [-0.2, 0) is 0 Å². The van der Waals surface area contributed by atoms with Crippen molar-refractivity contribution in [3.63, 3.8) is 0 Å². The molecule has 0 aromatic rings. The summed E-state index contributed by atoms with van der Waals surface area (Å²) >= 11 is 0. The third-order valence-electron chi connectivity index (χ3n) is 5.37. The minimum absolute atomic E-state index is 0.304. The summed E-state index contributed by atoms with van der Waals surface area (Å²) in [5.41, 5.74) is 6.54. The largest absolute Gasteiger partial charge is 0.327 e. The first-order valence-electron chi connectivity index (χ1n) is 8.02. The van der Waals surface area contributed by atoms with Gasteiger partial charge in [-0.05, 0) is 50.0 Å². The lowest BCUT2D eigenvalue weighted by molar-refractivity contribution is 0.0397. The summed E-state index contributed by atoms with van der Waals surface area (Å²) in [5.74, 6) is 1.02. The van der Waals surface area contributed by atoms with Gasteiger partial charge in [-0.2, -0.15) is 0 Å². The molecule has 0 aromatic heterocycles. The monoisotopic (exact) mass is 252 g/mol. The van der Waals surface area contributed by atoms with Crippen molar-refractivity contribution in [2.75, 3.05) is 13.1 Å². The summed E-state index contributed by atoms with van der Waals surface area (Å²) in [7, 11) is 0. The zero-order valence-corrected chi connectivity index (χ0v) is 12.6. The molecule has 2 heteroatoms. The maximum Gasteiger partial charge on any atom is 0.0115 e. The van der Waals surface area contributed by atoms with Crippen LogP contribution in [0.2, 0.25) is 0 Å². The van der Waals surface area contributed by atoms with Crippen LogP contribution in [0.15, 0.2) is 0 Å². The number of hydrogen-bond donors (Lipinski definition) is 1.